The van der Waals surface area contributed by atoms with Gasteiger partial charge in [0.1, 0.15) is 5.82 Å². The molecule has 2 unspecified atom stereocenters. The molecule has 0 rings (SSSR count). The largest absolute Gasteiger partial charge is 0.417 e. The van der Waals surface area contributed by atoms with Gasteiger partial charge in [-0.3, -0.25) is 0 Å². The lowest BCUT2D eigenvalue weighted by atomic mass is 9.85. The lowest BCUT2D eigenvalue weighted by Gasteiger charge is -2.28. The van der Waals surface area contributed by atoms with E-state index in [0.717, 1.165) is 30.7 Å². The van der Waals surface area contributed by atoms with Gasteiger partial charge in [0.15, 0.2) is 0 Å². The molecule has 0 aromatic rings. The van der Waals surface area contributed by atoms with E-state index in [9.17, 15) is 22.0 Å². The van der Waals surface area contributed by atoms with Crippen molar-refractivity contribution in [1.82, 2.24) is 5.32 Å². The first-order valence-corrected chi connectivity index (χ1v) is 10.0. The number of nitrogens with zero attached hydrogens (tertiary/aromatic N) is 1. The summed E-state index contributed by atoms with van der Waals surface area (Å²) in [5.41, 5.74) is -0.00701. The van der Waals surface area contributed by atoms with E-state index in [2.05, 4.69) is 10.3 Å². The van der Waals surface area contributed by atoms with Crippen LogP contribution in [0, 0.1) is 11.8 Å². The lowest BCUT2D eigenvalue weighted by molar-refractivity contribution is -0.0857. The maximum absolute atomic E-state index is 13.8. The van der Waals surface area contributed by atoms with Crippen molar-refractivity contribution in [3.05, 3.63) is 23.0 Å². The van der Waals surface area contributed by atoms with E-state index < -0.39 is 17.7 Å². The zero-order valence-corrected chi connectivity index (χ0v) is 17.9. The topological polar surface area (TPSA) is 24.4 Å². The van der Waals surface area contributed by atoms with Gasteiger partial charge >= 0.3 is 6.18 Å². The summed E-state index contributed by atoms with van der Waals surface area (Å²) < 4.78 is 66.3. The van der Waals surface area contributed by atoms with E-state index in [1.807, 2.05) is 20.8 Å². The average molecular weight is 411 g/mol. The smallest absolute Gasteiger partial charge is 0.370 e. The van der Waals surface area contributed by atoms with Crippen LogP contribution in [0.4, 0.5) is 22.0 Å². The van der Waals surface area contributed by atoms with Crippen LogP contribution < -0.4 is 5.32 Å². The van der Waals surface area contributed by atoms with Gasteiger partial charge < -0.3 is 5.32 Å². The molecule has 1 N–H and O–H groups in total. The molecule has 0 bridgehead atoms. The molecule has 0 aliphatic carbocycles. The number of hydrogen-bond acceptors (Lipinski definition) is 2. The predicted octanol–water partition coefficient (Wildman–Crippen LogP) is 7.28. The highest BCUT2D eigenvalue weighted by Crippen LogP contribution is 2.32. The maximum Gasteiger partial charge on any atom is 0.417 e. The number of rotatable bonds is 12. The molecule has 0 radical (unpaired) electrons. The van der Waals surface area contributed by atoms with Gasteiger partial charge in [0.25, 0.3) is 0 Å². The van der Waals surface area contributed by atoms with Gasteiger partial charge in [-0.25, -0.2) is 13.8 Å². The van der Waals surface area contributed by atoms with Crippen LogP contribution in [0.15, 0.2) is 28.0 Å². The summed E-state index contributed by atoms with van der Waals surface area (Å²) in [5.74, 6) is -2.55. The Morgan fingerprint density at radius 2 is 1.71 bits per heavy atom. The van der Waals surface area contributed by atoms with Crippen molar-refractivity contribution < 1.29 is 22.0 Å². The Balaban J connectivity index is 5.33. The summed E-state index contributed by atoms with van der Waals surface area (Å²) in [6.45, 7) is 10.7. The van der Waals surface area contributed by atoms with E-state index in [1.54, 1.807) is 6.92 Å². The normalized spacial score (nSPS) is 16.9. The van der Waals surface area contributed by atoms with Crippen molar-refractivity contribution in [3.8, 4) is 0 Å². The van der Waals surface area contributed by atoms with Crippen molar-refractivity contribution >= 4 is 6.21 Å². The SMILES string of the molecule is C\C=C(/C=N/C(NCC(CCC)C(C)CC(F)(F)CC)=C(/C)CC)C(F)(F)F. The number of hydrogen-bond donors (Lipinski definition) is 1. The highest BCUT2D eigenvalue weighted by molar-refractivity contribution is 5.80. The van der Waals surface area contributed by atoms with Gasteiger partial charge in [0, 0.05) is 25.6 Å². The molecule has 0 aromatic heterocycles. The highest BCUT2D eigenvalue weighted by atomic mass is 19.4. The lowest BCUT2D eigenvalue weighted by Crippen LogP contribution is -2.30. The molecule has 0 aliphatic rings. The second-order valence-electron chi connectivity index (χ2n) is 7.30. The van der Waals surface area contributed by atoms with Gasteiger partial charge in [0.2, 0.25) is 5.92 Å². The van der Waals surface area contributed by atoms with Gasteiger partial charge in [0.05, 0.1) is 5.57 Å². The minimum atomic E-state index is -4.46. The van der Waals surface area contributed by atoms with Crippen LogP contribution in [0.25, 0.3) is 0 Å². The molecule has 0 saturated carbocycles. The number of nitrogens with one attached hydrogen (secondary N) is 1. The first-order valence-electron chi connectivity index (χ1n) is 10.0. The zero-order chi connectivity index (χ0) is 22.0. The van der Waals surface area contributed by atoms with Gasteiger partial charge in [-0.15, -0.1) is 0 Å². The Morgan fingerprint density at radius 1 is 1.11 bits per heavy atom. The third kappa shape index (κ3) is 9.69. The van der Waals surface area contributed by atoms with E-state index in [-0.39, 0.29) is 24.7 Å². The summed E-state index contributed by atoms with van der Waals surface area (Å²) >= 11 is 0. The molecule has 0 aromatic carbocycles. The molecule has 7 heteroatoms. The molecular formula is C21H35F5N2. The molecule has 0 aliphatic heterocycles. The van der Waals surface area contributed by atoms with Crippen molar-refractivity contribution in [2.75, 3.05) is 6.54 Å². The van der Waals surface area contributed by atoms with Crippen LogP contribution in [0.3, 0.4) is 0 Å². The van der Waals surface area contributed by atoms with Crippen LogP contribution in [-0.2, 0) is 0 Å². The minimum absolute atomic E-state index is 0.0129. The van der Waals surface area contributed by atoms with Crippen molar-refractivity contribution in [1.29, 1.82) is 0 Å². The molecule has 0 spiro atoms. The number of aliphatic imine (C=N–C) groups is 1. The Morgan fingerprint density at radius 3 is 2.14 bits per heavy atom. The van der Waals surface area contributed by atoms with Crippen LogP contribution in [0.5, 0.6) is 0 Å². The van der Waals surface area contributed by atoms with Crippen LogP contribution in [-0.4, -0.2) is 24.9 Å². The highest BCUT2D eigenvalue weighted by Gasteiger charge is 2.32. The number of halogens is 5. The number of alkyl halides is 5. The third-order valence-electron chi connectivity index (χ3n) is 5.04. The molecule has 0 heterocycles. The van der Waals surface area contributed by atoms with Crippen molar-refractivity contribution in [2.45, 2.75) is 85.7 Å². The van der Waals surface area contributed by atoms with E-state index in [0.29, 0.717) is 18.8 Å². The van der Waals surface area contributed by atoms with Gasteiger partial charge in [-0.1, -0.05) is 40.2 Å². The monoisotopic (exact) mass is 410 g/mol. The summed E-state index contributed by atoms with van der Waals surface area (Å²) in [4.78, 5) is 4.02. The number of allylic oxidation sites excluding steroid dienone is 3. The fourth-order valence-corrected chi connectivity index (χ4v) is 2.89. The van der Waals surface area contributed by atoms with Crippen molar-refractivity contribution in [2.24, 2.45) is 16.8 Å². The van der Waals surface area contributed by atoms with Crippen LogP contribution >= 0.6 is 0 Å². The second kappa shape index (κ2) is 12.2. The quantitative estimate of drug-likeness (QED) is 0.265. The van der Waals surface area contributed by atoms with E-state index in [1.165, 1.54) is 13.8 Å². The fraction of sp³-hybridized carbons (Fsp3) is 0.762. The molecule has 0 saturated heterocycles. The van der Waals surface area contributed by atoms with Gasteiger partial charge in [-0.2, -0.15) is 13.2 Å². The fourth-order valence-electron chi connectivity index (χ4n) is 2.89. The summed E-state index contributed by atoms with van der Waals surface area (Å²) in [6, 6.07) is 0. The molecule has 0 amide bonds. The van der Waals surface area contributed by atoms with Gasteiger partial charge in [-0.05, 0) is 44.1 Å². The Hall–Kier alpha value is -1.40. The predicted molar refractivity (Wildman–Crippen MR) is 107 cm³/mol. The molecule has 164 valence electrons. The first kappa shape index (κ1) is 26.6. The Kier molecular flexibility index (Phi) is 11.6. The first-order chi connectivity index (χ1) is 12.9. The molecular weight excluding hydrogens is 375 g/mol. The van der Waals surface area contributed by atoms with Crippen LogP contribution in [0.2, 0.25) is 0 Å². The van der Waals surface area contributed by atoms with Crippen molar-refractivity contribution in [3.63, 3.8) is 0 Å². The standard InChI is InChI=1S/C21H35F5N2/c1-7-11-17(16(6)12-20(22,23)10-4)13-27-19(15(5)8-2)28-14-18(9-3)21(24,25)26/h9,14,16-17,27H,7-8,10-13H2,1-6H3/b18-9+,19-15-,28-14+. The van der Waals surface area contributed by atoms with E-state index in [4.69, 9.17) is 0 Å². The third-order valence-corrected chi connectivity index (χ3v) is 5.04. The second-order valence-corrected chi connectivity index (χ2v) is 7.30. The van der Waals surface area contributed by atoms with E-state index >= 15 is 0 Å². The molecule has 2 atom stereocenters. The Bertz CT molecular complexity index is 547. The molecule has 0 fully saturated rings. The Labute approximate surface area is 166 Å². The maximum atomic E-state index is 13.8. The average Bonchev–Trinajstić information content (AvgIpc) is 2.61. The summed E-state index contributed by atoms with van der Waals surface area (Å²) in [5, 5.41) is 3.11. The summed E-state index contributed by atoms with van der Waals surface area (Å²) in [6.07, 6.45) is -0.840. The van der Waals surface area contributed by atoms with Crippen LogP contribution in [0.1, 0.15) is 73.6 Å². The molecule has 2 nitrogen and oxygen atoms in total. The zero-order valence-electron chi connectivity index (χ0n) is 17.9. The summed E-state index contributed by atoms with van der Waals surface area (Å²) in [7, 11) is 0. The minimum Gasteiger partial charge on any atom is -0.370 e. The molecule has 28 heavy (non-hydrogen) atoms.